The minimum absolute atomic E-state index is 0.0594. The van der Waals surface area contributed by atoms with Crippen molar-refractivity contribution in [2.75, 3.05) is 37.6 Å². The van der Waals surface area contributed by atoms with Crippen LogP contribution < -0.4 is 10.2 Å². The van der Waals surface area contributed by atoms with E-state index in [1.165, 1.54) is 18.9 Å². The fourth-order valence-corrected chi connectivity index (χ4v) is 3.83. The van der Waals surface area contributed by atoms with Crippen LogP contribution in [-0.2, 0) is 12.7 Å². The molecule has 0 unspecified atom stereocenters. The highest BCUT2D eigenvalue weighted by atomic mass is 19.4. The van der Waals surface area contributed by atoms with Gasteiger partial charge >= 0.3 is 6.18 Å². The van der Waals surface area contributed by atoms with Gasteiger partial charge in [0.05, 0.1) is 5.56 Å². The molecule has 1 aliphatic heterocycles. The molecule has 1 amide bonds. The molecule has 1 aromatic heterocycles. The number of amides is 1. The predicted molar refractivity (Wildman–Crippen MR) is 111 cm³/mol. The van der Waals surface area contributed by atoms with E-state index in [1.807, 2.05) is 9.80 Å². The van der Waals surface area contributed by atoms with Gasteiger partial charge in [0.25, 0.3) is 5.91 Å². The first kappa shape index (κ1) is 22.4. The van der Waals surface area contributed by atoms with E-state index >= 15 is 0 Å². The standard InChI is InChI=1S/C22H25F4N5O/c23-17-4-3-16(18(13-17)22(24,25)26)14-30-9-11-31(12-10-30)20-6-5-19(28-29-20)21(32)27-8-7-15-1-2-15/h3-6,13,15H,1-2,7-12,14H2,(H,27,32). The predicted octanol–water partition coefficient (Wildman–Crippen LogP) is 3.49. The topological polar surface area (TPSA) is 61.4 Å². The van der Waals surface area contributed by atoms with Crippen LogP contribution in [0.1, 0.15) is 40.9 Å². The highest BCUT2D eigenvalue weighted by Gasteiger charge is 2.34. The van der Waals surface area contributed by atoms with Crippen molar-refractivity contribution in [3.05, 3.63) is 53.0 Å². The van der Waals surface area contributed by atoms with E-state index in [2.05, 4.69) is 15.5 Å². The Morgan fingerprint density at radius 1 is 1.06 bits per heavy atom. The maximum absolute atomic E-state index is 13.3. The van der Waals surface area contributed by atoms with E-state index < -0.39 is 17.6 Å². The van der Waals surface area contributed by atoms with Gasteiger partial charge in [-0.05, 0) is 42.2 Å². The molecule has 0 spiro atoms. The summed E-state index contributed by atoms with van der Waals surface area (Å²) in [6.45, 7) is 2.90. The van der Waals surface area contributed by atoms with Crippen LogP contribution in [0.5, 0.6) is 0 Å². The van der Waals surface area contributed by atoms with E-state index in [4.69, 9.17) is 0 Å². The van der Waals surface area contributed by atoms with Crippen molar-refractivity contribution in [3.8, 4) is 0 Å². The van der Waals surface area contributed by atoms with E-state index in [1.54, 1.807) is 12.1 Å². The third kappa shape index (κ3) is 5.73. The number of carbonyl (C=O) groups is 1. The summed E-state index contributed by atoms with van der Waals surface area (Å²) in [7, 11) is 0. The monoisotopic (exact) mass is 451 g/mol. The summed E-state index contributed by atoms with van der Waals surface area (Å²) >= 11 is 0. The summed E-state index contributed by atoms with van der Waals surface area (Å²) in [5.41, 5.74) is -0.611. The lowest BCUT2D eigenvalue weighted by atomic mass is 10.1. The Bertz CT molecular complexity index is 938. The average molecular weight is 451 g/mol. The average Bonchev–Trinajstić information content (AvgIpc) is 3.59. The normalized spacial score (nSPS) is 17.4. The van der Waals surface area contributed by atoms with Crippen LogP contribution in [0, 0.1) is 11.7 Å². The Hall–Kier alpha value is -2.75. The minimum Gasteiger partial charge on any atom is -0.353 e. The minimum atomic E-state index is -4.60. The number of halogens is 4. The number of hydrogen-bond donors (Lipinski definition) is 1. The Balaban J connectivity index is 1.30. The second kappa shape index (κ2) is 9.40. The number of anilines is 1. The number of aromatic nitrogens is 2. The van der Waals surface area contributed by atoms with Gasteiger partial charge in [-0.2, -0.15) is 13.2 Å². The van der Waals surface area contributed by atoms with E-state index in [9.17, 15) is 22.4 Å². The SMILES string of the molecule is O=C(NCCC1CC1)c1ccc(N2CCN(Cc3ccc(F)cc3C(F)(F)F)CC2)nn1. The summed E-state index contributed by atoms with van der Waals surface area (Å²) < 4.78 is 53.0. The van der Waals surface area contributed by atoms with Gasteiger partial charge in [-0.25, -0.2) is 4.39 Å². The molecule has 1 aromatic carbocycles. The maximum atomic E-state index is 13.3. The van der Waals surface area contributed by atoms with Gasteiger partial charge in [-0.1, -0.05) is 18.9 Å². The first-order valence-corrected chi connectivity index (χ1v) is 10.7. The lowest BCUT2D eigenvalue weighted by molar-refractivity contribution is -0.138. The van der Waals surface area contributed by atoms with Gasteiger partial charge in [0.2, 0.25) is 0 Å². The van der Waals surface area contributed by atoms with Crippen molar-refractivity contribution in [1.82, 2.24) is 20.4 Å². The Kier molecular flexibility index (Phi) is 6.59. The van der Waals surface area contributed by atoms with Crippen LogP contribution in [0.4, 0.5) is 23.4 Å². The van der Waals surface area contributed by atoms with Gasteiger partial charge in [0.1, 0.15) is 5.82 Å². The molecule has 2 aromatic rings. The van der Waals surface area contributed by atoms with Crippen LogP contribution in [0.3, 0.4) is 0 Å². The Morgan fingerprint density at radius 3 is 2.44 bits per heavy atom. The molecule has 1 aliphatic carbocycles. The molecule has 6 nitrogen and oxygen atoms in total. The molecule has 2 fully saturated rings. The fraction of sp³-hybridized carbons (Fsp3) is 0.500. The molecular weight excluding hydrogens is 426 g/mol. The second-order valence-electron chi connectivity index (χ2n) is 8.33. The molecule has 10 heteroatoms. The molecule has 32 heavy (non-hydrogen) atoms. The molecule has 0 bridgehead atoms. The Labute approximate surface area is 183 Å². The van der Waals surface area contributed by atoms with E-state index in [0.29, 0.717) is 44.6 Å². The second-order valence-corrected chi connectivity index (χ2v) is 8.33. The zero-order valence-corrected chi connectivity index (χ0v) is 17.5. The third-order valence-corrected chi connectivity index (χ3v) is 5.89. The van der Waals surface area contributed by atoms with Crippen LogP contribution in [0.2, 0.25) is 0 Å². The van der Waals surface area contributed by atoms with Crippen LogP contribution >= 0.6 is 0 Å². The van der Waals surface area contributed by atoms with Gasteiger partial charge in [-0.3, -0.25) is 9.69 Å². The number of piperazine rings is 1. The van der Waals surface area contributed by atoms with Crippen molar-refractivity contribution in [2.24, 2.45) is 5.92 Å². The van der Waals surface area contributed by atoms with Crippen molar-refractivity contribution < 1.29 is 22.4 Å². The van der Waals surface area contributed by atoms with E-state index in [-0.39, 0.29) is 23.7 Å². The van der Waals surface area contributed by atoms with Gasteiger partial charge in [0.15, 0.2) is 11.5 Å². The molecule has 2 heterocycles. The third-order valence-electron chi connectivity index (χ3n) is 5.89. The smallest absolute Gasteiger partial charge is 0.353 e. The molecule has 2 aliphatic rings. The molecule has 172 valence electrons. The molecule has 1 N–H and O–H groups in total. The van der Waals surface area contributed by atoms with Crippen molar-refractivity contribution >= 4 is 11.7 Å². The molecule has 4 rings (SSSR count). The first-order chi connectivity index (χ1) is 15.3. The first-order valence-electron chi connectivity index (χ1n) is 10.7. The number of alkyl halides is 3. The van der Waals surface area contributed by atoms with Crippen molar-refractivity contribution in [2.45, 2.75) is 32.0 Å². The quantitative estimate of drug-likeness (QED) is 0.654. The number of nitrogens with zero attached hydrogens (tertiary/aromatic N) is 4. The molecule has 1 saturated heterocycles. The van der Waals surface area contributed by atoms with Crippen LogP contribution in [0.15, 0.2) is 30.3 Å². The number of rotatable bonds is 7. The summed E-state index contributed by atoms with van der Waals surface area (Å²) in [5.74, 6) is 0.223. The number of nitrogens with one attached hydrogen (secondary N) is 1. The zero-order valence-electron chi connectivity index (χ0n) is 17.5. The van der Waals surface area contributed by atoms with Gasteiger partial charge < -0.3 is 10.2 Å². The Morgan fingerprint density at radius 2 is 1.81 bits per heavy atom. The largest absolute Gasteiger partial charge is 0.416 e. The highest BCUT2D eigenvalue weighted by Crippen LogP contribution is 2.33. The van der Waals surface area contributed by atoms with Crippen LogP contribution in [0.25, 0.3) is 0 Å². The summed E-state index contributed by atoms with van der Waals surface area (Å²) in [6.07, 6.45) is -1.12. The zero-order chi connectivity index (χ0) is 22.7. The number of hydrogen-bond acceptors (Lipinski definition) is 5. The molecule has 0 radical (unpaired) electrons. The van der Waals surface area contributed by atoms with Crippen molar-refractivity contribution in [3.63, 3.8) is 0 Å². The van der Waals surface area contributed by atoms with Crippen LogP contribution in [-0.4, -0.2) is 53.7 Å². The summed E-state index contributed by atoms with van der Waals surface area (Å²) in [4.78, 5) is 16.0. The molecular formula is C22H25F4N5O. The van der Waals surface area contributed by atoms with Gasteiger partial charge in [0, 0.05) is 39.3 Å². The summed E-state index contributed by atoms with van der Waals surface area (Å²) in [6, 6.07) is 6.17. The lowest BCUT2D eigenvalue weighted by Gasteiger charge is -2.35. The lowest BCUT2D eigenvalue weighted by Crippen LogP contribution is -2.46. The number of carbonyl (C=O) groups excluding carboxylic acids is 1. The van der Waals surface area contributed by atoms with Crippen molar-refractivity contribution in [1.29, 1.82) is 0 Å². The maximum Gasteiger partial charge on any atom is 0.416 e. The summed E-state index contributed by atoms with van der Waals surface area (Å²) in [5, 5.41) is 11.0. The number of benzene rings is 1. The fourth-order valence-electron chi connectivity index (χ4n) is 3.83. The molecule has 1 saturated carbocycles. The van der Waals surface area contributed by atoms with E-state index in [0.717, 1.165) is 18.4 Å². The van der Waals surface area contributed by atoms with Gasteiger partial charge in [-0.15, -0.1) is 10.2 Å². The molecule has 0 atom stereocenters. The highest BCUT2D eigenvalue weighted by molar-refractivity contribution is 5.92.